The van der Waals surface area contributed by atoms with Gasteiger partial charge >= 0.3 is 0 Å². The zero-order valence-electron chi connectivity index (χ0n) is 15.6. The van der Waals surface area contributed by atoms with E-state index in [-0.39, 0.29) is 5.91 Å². The molecule has 2 aromatic rings. The van der Waals surface area contributed by atoms with Crippen LogP contribution in [-0.2, 0) is 4.79 Å². The second-order valence-corrected chi connectivity index (χ2v) is 6.48. The highest BCUT2D eigenvalue weighted by molar-refractivity contribution is 6.35. The van der Waals surface area contributed by atoms with E-state index in [2.05, 4.69) is 29.1 Å². The monoisotopic (exact) mass is 364 g/mol. The molecule has 0 unspecified atom stereocenters. The van der Waals surface area contributed by atoms with Gasteiger partial charge in [0.1, 0.15) is 11.9 Å². The number of amides is 1. The third-order valence-corrected chi connectivity index (χ3v) is 4.53. The lowest BCUT2D eigenvalue weighted by molar-refractivity contribution is -0.110. The molecule has 0 fully saturated rings. The number of aromatic nitrogens is 1. The largest absolute Gasteiger partial charge is 0.495 e. The van der Waals surface area contributed by atoms with Crippen molar-refractivity contribution in [3.8, 4) is 17.6 Å². The molecule has 1 aliphatic heterocycles. The van der Waals surface area contributed by atoms with E-state index < -0.39 is 6.10 Å². The fourth-order valence-electron chi connectivity index (χ4n) is 3.12. The minimum Gasteiger partial charge on any atom is -0.495 e. The summed E-state index contributed by atoms with van der Waals surface area (Å²) < 4.78 is 5.31. The van der Waals surface area contributed by atoms with Crippen LogP contribution in [-0.4, -0.2) is 29.2 Å². The molecule has 5 heteroatoms. The highest BCUT2D eigenvalue weighted by Gasteiger charge is 2.27. The van der Waals surface area contributed by atoms with E-state index in [4.69, 9.17) is 4.74 Å². The number of H-pyrrole nitrogens is 1. The summed E-state index contributed by atoms with van der Waals surface area (Å²) in [5.41, 5.74) is 3.45. The van der Waals surface area contributed by atoms with Crippen LogP contribution in [0.2, 0.25) is 0 Å². The zero-order valence-corrected chi connectivity index (χ0v) is 15.6. The molecule has 0 aliphatic carbocycles. The third kappa shape index (κ3) is 4.24. The number of rotatable bonds is 6. The standard InChI is InChI=1S/C22H24N2O3/c1-3-4-5-8-16(25)11-10-15-7-6-9-18-21(15)17(22(26)24-18)14-19-20(27-2)12-13-23-19/h6-7,9,12-14,16,23,25H,3-5,8H2,1-2H3,(H,24,26)/t16-/m0/s1. The second-order valence-electron chi connectivity index (χ2n) is 6.48. The van der Waals surface area contributed by atoms with E-state index in [9.17, 15) is 9.90 Å². The average molecular weight is 364 g/mol. The van der Waals surface area contributed by atoms with Gasteiger partial charge in [-0.15, -0.1) is 0 Å². The number of benzene rings is 1. The Bertz CT molecular complexity index is 915. The molecule has 27 heavy (non-hydrogen) atoms. The number of methoxy groups -OCH3 is 1. The van der Waals surface area contributed by atoms with Gasteiger partial charge in [-0.2, -0.15) is 0 Å². The summed E-state index contributed by atoms with van der Waals surface area (Å²) in [4.78, 5) is 15.6. The van der Waals surface area contributed by atoms with Crippen molar-refractivity contribution in [2.24, 2.45) is 0 Å². The Balaban J connectivity index is 1.93. The van der Waals surface area contributed by atoms with Crippen molar-refractivity contribution in [1.82, 2.24) is 4.98 Å². The first-order chi connectivity index (χ1) is 13.1. The van der Waals surface area contributed by atoms with E-state index in [0.717, 1.165) is 41.8 Å². The molecule has 0 bridgehead atoms. The number of fused-ring (bicyclic) bond motifs is 1. The van der Waals surface area contributed by atoms with Gasteiger partial charge in [-0.25, -0.2) is 0 Å². The maximum atomic E-state index is 12.5. The highest BCUT2D eigenvalue weighted by Crippen LogP contribution is 2.36. The third-order valence-electron chi connectivity index (χ3n) is 4.53. The molecule has 1 aromatic carbocycles. The summed E-state index contributed by atoms with van der Waals surface area (Å²) in [5.74, 6) is 6.45. The number of anilines is 1. The van der Waals surface area contributed by atoms with Gasteiger partial charge in [0.25, 0.3) is 5.91 Å². The van der Waals surface area contributed by atoms with Gasteiger partial charge in [-0.3, -0.25) is 4.79 Å². The number of unbranched alkanes of at least 4 members (excludes halogenated alkanes) is 2. The van der Waals surface area contributed by atoms with Crippen molar-refractivity contribution in [2.45, 2.75) is 38.7 Å². The van der Waals surface area contributed by atoms with Crippen molar-refractivity contribution in [1.29, 1.82) is 0 Å². The number of carbonyl (C=O) groups excluding carboxylic acids is 1. The van der Waals surface area contributed by atoms with Gasteiger partial charge < -0.3 is 20.1 Å². The molecule has 1 aliphatic rings. The molecule has 0 saturated carbocycles. The molecule has 0 radical (unpaired) electrons. The van der Waals surface area contributed by atoms with Crippen LogP contribution in [0.4, 0.5) is 5.69 Å². The summed E-state index contributed by atoms with van der Waals surface area (Å²) in [7, 11) is 1.59. The summed E-state index contributed by atoms with van der Waals surface area (Å²) in [6, 6.07) is 7.37. The van der Waals surface area contributed by atoms with Crippen LogP contribution in [0.1, 0.15) is 49.4 Å². The minimum atomic E-state index is -0.659. The molecule has 1 atom stereocenters. The first-order valence-electron chi connectivity index (χ1n) is 9.21. The predicted molar refractivity (Wildman–Crippen MR) is 107 cm³/mol. The predicted octanol–water partition coefficient (Wildman–Crippen LogP) is 3.81. The minimum absolute atomic E-state index is 0.181. The van der Waals surface area contributed by atoms with E-state index in [1.54, 1.807) is 25.4 Å². The molecular weight excluding hydrogens is 340 g/mol. The fourth-order valence-corrected chi connectivity index (χ4v) is 3.12. The molecule has 1 amide bonds. The molecule has 2 heterocycles. The van der Waals surface area contributed by atoms with Crippen molar-refractivity contribution in [3.63, 3.8) is 0 Å². The summed E-state index contributed by atoms with van der Waals surface area (Å²) in [6.45, 7) is 2.13. The molecule has 3 N–H and O–H groups in total. The van der Waals surface area contributed by atoms with Crippen LogP contribution in [0.25, 0.3) is 11.6 Å². The first-order valence-corrected chi connectivity index (χ1v) is 9.21. The molecule has 0 saturated heterocycles. The van der Waals surface area contributed by atoms with Crippen LogP contribution < -0.4 is 10.1 Å². The Hall–Kier alpha value is -2.97. The molecule has 1 aromatic heterocycles. The lowest BCUT2D eigenvalue weighted by atomic mass is 9.99. The fraction of sp³-hybridized carbons (Fsp3) is 0.318. The number of nitrogens with one attached hydrogen (secondary N) is 2. The van der Waals surface area contributed by atoms with Gasteiger partial charge in [-0.05, 0) is 37.1 Å². The van der Waals surface area contributed by atoms with Crippen molar-refractivity contribution >= 4 is 23.2 Å². The van der Waals surface area contributed by atoms with Gasteiger partial charge in [0.15, 0.2) is 0 Å². The molecule has 3 rings (SSSR count). The van der Waals surface area contributed by atoms with E-state index >= 15 is 0 Å². The number of hydrogen-bond donors (Lipinski definition) is 3. The van der Waals surface area contributed by atoms with Crippen molar-refractivity contribution in [2.75, 3.05) is 12.4 Å². The first kappa shape index (κ1) is 18.8. The van der Waals surface area contributed by atoms with E-state index in [0.29, 0.717) is 17.7 Å². The number of hydrogen-bond acceptors (Lipinski definition) is 3. The zero-order chi connectivity index (χ0) is 19.2. The van der Waals surface area contributed by atoms with Crippen molar-refractivity contribution < 1.29 is 14.6 Å². The maximum Gasteiger partial charge on any atom is 0.256 e. The van der Waals surface area contributed by atoms with Gasteiger partial charge in [0, 0.05) is 17.3 Å². The number of ether oxygens (including phenoxy) is 1. The van der Waals surface area contributed by atoms with Crippen molar-refractivity contribution in [3.05, 3.63) is 47.3 Å². The average Bonchev–Trinajstić information content (AvgIpc) is 3.24. The Kier molecular flexibility index (Phi) is 6.00. The van der Waals surface area contributed by atoms with Gasteiger partial charge in [0.2, 0.25) is 0 Å². The van der Waals surface area contributed by atoms with Gasteiger partial charge in [0.05, 0.1) is 24.1 Å². The number of carbonyl (C=O) groups is 1. The number of aliphatic hydroxyl groups is 1. The van der Waals surface area contributed by atoms with Crippen LogP contribution >= 0.6 is 0 Å². The normalized spacial score (nSPS) is 15.1. The highest BCUT2D eigenvalue weighted by atomic mass is 16.5. The molecule has 0 spiro atoms. The van der Waals surface area contributed by atoms with Gasteiger partial charge in [-0.1, -0.05) is 37.7 Å². The summed E-state index contributed by atoms with van der Waals surface area (Å²) in [5, 5.41) is 13.0. The smallest absolute Gasteiger partial charge is 0.256 e. The summed E-state index contributed by atoms with van der Waals surface area (Å²) in [6.07, 6.45) is 6.68. The Morgan fingerprint density at radius 2 is 2.15 bits per heavy atom. The Morgan fingerprint density at radius 3 is 2.93 bits per heavy atom. The molecule has 5 nitrogen and oxygen atoms in total. The Morgan fingerprint density at radius 1 is 1.30 bits per heavy atom. The van der Waals surface area contributed by atoms with Crippen LogP contribution in [0, 0.1) is 11.8 Å². The number of aromatic amines is 1. The second kappa shape index (κ2) is 8.61. The van der Waals surface area contributed by atoms with E-state index in [1.165, 1.54) is 0 Å². The lowest BCUT2D eigenvalue weighted by Gasteiger charge is -2.04. The maximum absolute atomic E-state index is 12.5. The van der Waals surface area contributed by atoms with E-state index in [1.807, 2.05) is 18.2 Å². The van der Waals surface area contributed by atoms with Crippen LogP contribution in [0.15, 0.2) is 30.5 Å². The van der Waals surface area contributed by atoms with Crippen LogP contribution in [0.3, 0.4) is 0 Å². The molecular formula is C22H24N2O3. The topological polar surface area (TPSA) is 74.3 Å². The SMILES string of the molecule is CCCCC[C@H](O)C#Cc1cccc2c1C(=Cc1[nH]ccc1OC)C(=O)N2. The van der Waals surface area contributed by atoms with Crippen LogP contribution in [0.5, 0.6) is 5.75 Å². The number of aliphatic hydroxyl groups excluding tert-OH is 1. The lowest BCUT2D eigenvalue weighted by Crippen LogP contribution is -2.04. The molecule has 140 valence electrons. The quantitative estimate of drug-likeness (QED) is 0.414. The summed E-state index contributed by atoms with van der Waals surface area (Å²) >= 11 is 0. The Labute approximate surface area is 159 Å².